The topological polar surface area (TPSA) is 107 Å². The minimum Gasteiger partial charge on any atom is -0.425 e. The Kier molecular flexibility index (Phi) is 6.90. The molecule has 0 saturated heterocycles. The molecule has 0 amide bonds. The van der Waals surface area contributed by atoms with Crippen LogP contribution in [0, 0.1) is 26.8 Å². The Morgan fingerprint density at radius 2 is 1.56 bits per heavy atom. The second-order valence-electron chi connectivity index (χ2n) is 7.31. The van der Waals surface area contributed by atoms with Crippen LogP contribution in [0.3, 0.4) is 0 Å². The lowest BCUT2D eigenvalue weighted by Crippen LogP contribution is -2.20. The molecule has 186 valence electrons. The number of esters is 2. The van der Waals surface area contributed by atoms with E-state index >= 15 is 0 Å². The van der Waals surface area contributed by atoms with E-state index in [2.05, 4.69) is 4.74 Å². The molecule has 0 bridgehead atoms. The first-order valence-corrected chi connectivity index (χ1v) is 12.3. The summed E-state index contributed by atoms with van der Waals surface area (Å²) in [4.78, 5) is 23.2. The molecule has 3 aromatic rings. The first-order valence-electron chi connectivity index (χ1n) is 9.74. The second kappa shape index (κ2) is 9.63. The summed E-state index contributed by atoms with van der Waals surface area (Å²) >= 11 is 1.84. The molecular formula is C23H11F4IO7S. The van der Waals surface area contributed by atoms with Crippen molar-refractivity contribution in [3.63, 3.8) is 0 Å². The summed E-state index contributed by atoms with van der Waals surface area (Å²) in [5, 5.41) is 0. The van der Waals surface area contributed by atoms with E-state index in [1.54, 1.807) is 36.4 Å². The van der Waals surface area contributed by atoms with Gasteiger partial charge in [-0.05, 0) is 51.9 Å². The molecule has 13 heteroatoms. The maximum Gasteiger partial charge on any atom is 0.347 e. The SMILES string of the molecule is O=C(Oc1c(F)c(F)c(S(=O)(=O)O)c(F)c1F)c1ccc(I)cc1OC(=O)C1C=Cc2ccccc21. The molecule has 7 nitrogen and oxygen atoms in total. The number of rotatable bonds is 5. The van der Waals surface area contributed by atoms with Crippen molar-refractivity contribution in [3.05, 3.63) is 92.1 Å². The van der Waals surface area contributed by atoms with Gasteiger partial charge in [0.25, 0.3) is 0 Å². The summed E-state index contributed by atoms with van der Waals surface area (Å²) < 4.78 is 98.1. The van der Waals surface area contributed by atoms with Crippen LogP contribution in [-0.2, 0) is 14.9 Å². The first-order chi connectivity index (χ1) is 16.9. The van der Waals surface area contributed by atoms with Crippen molar-refractivity contribution in [1.82, 2.24) is 0 Å². The maximum atomic E-state index is 14.3. The Labute approximate surface area is 214 Å². The van der Waals surface area contributed by atoms with Crippen molar-refractivity contribution in [3.8, 4) is 11.5 Å². The zero-order valence-corrected chi connectivity index (χ0v) is 20.4. The standard InChI is InChI=1S/C23H11F4IO7S/c24-16-18(26)21(36(31,32)33)19(27)17(25)20(16)35-23(30)14-8-6-11(28)9-15(14)34-22(29)13-7-5-10-3-1-2-4-12(10)13/h1-9,13H,(H,31,32,33). The highest BCUT2D eigenvalue weighted by atomic mass is 127. The number of hydrogen-bond donors (Lipinski definition) is 1. The van der Waals surface area contributed by atoms with Crippen LogP contribution in [0.25, 0.3) is 6.08 Å². The zero-order valence-electron chi connectivity index (χ0n) is 17.5. The highest BCUT2D eigenvalue weighted by Crippen LogP contribution is 2.35. The second-order valence-corrected chi connectivity index (χ2v) is 9.91. The van der Waals surface area contributed by atoms with Gasteiger partial charge in [0.15, 0.2) is 16.5 Å². The van der Waals surface area contributed by atoms with Crippen molar-refractivity contribution in [2.75, 3.05) is 0 Å². The Balaban J connectivity index is 1.67. The van der Waals surface area contributed by atoms with E-state index in [0.29, 0.717) is 9.13 Å². The molecule has 0 heterocycles. The van der Waals surface area contributed by atoms with E-state index in [1.807, 2.05) is 22.6 Å². The number of hydrogen-bond acceptors (Lipinski definition) is 6. The van der Waals surface area contributed by atoms with Gasteiger partial charge in [-0.3, -0.25) is 9.35 Å². The predicted octanol–water partition coefficient (Wildman–Crippen LogP) is 5.03. The molecule has 1 unspecified atom stereocenters. The molecule has 1 N–H and O–H groups in total. The van der Waals surface area contributed by atoms with Crippen LogP contribution in [-0.4, -0.2) is 24.9 Å². The predicted molar refractivity (Wildman–Crippen MR) is 124 cm³/mol. The molecule has 1 aliphatic rings. The van der Waals surface area contributed by atoms with E-state index in [0.717, 1.165) is 11.6 Å². The number of carbonyl (C=O) groups is 2. The van der Waals surface area contributed by atoms with Crippen molar-refractivity contribution in [2.24, 2.45) is 0 Å². The molecule has 1 atom stereocenters. The normalized spacial score (nSPS) is 14.4. The monoisotopic (exact) mass is 634 g/mol. The molecule has 3 aromatic carbocycles. The Hall–Kier alpha value is -3.30. The fraction of sp³-hybridized carbons (Fsp3) is 0.0435. The number of halogens is 5. The van der Waals surface area contributed by atoms with Gasteiger partial charge in [-0.1, -0.05) is 36.4 Å². The van der Waals surface area contributed by atoms with E-state index in [1.165, 1.54) is 12.1 Å². The Morgan fingerprint density at radius 1 is 0.917 bits per heavy atom. The van der Waals surface area contributed by atoms with Crippen LogP contribution in [0.1, 0.15) is 27.4 Å². The van der Waals surface area contributed by atoms with Gasteiger partial charge in [0, 0.05) is 3.57 Å². The Morgan fingerprint density at radius 3 is 2.19 bits per heavy atom. The van der Waals surface area contributed by atoms with Gasteiger partial charge < -0.3 is 9.47 Å². The summed E-state index contributed by atoms with van der Waals surface area (Å²) in [5.41, 5.74) is 0.897. The molecule has 4 rings (SSSR count). The van der Waals surface area contributed by atoms with Gasteiger partial charge in [-0.2, -0.15) is 17.2 Å². The first kappa shape index (κ1) is 25.8. The molecular weight excluding hydrogens is 623 g/mol. The van der Waals surface area contributed by atoms with E-state index in [-0.39, 0.29) is 5.75 Å². The fourth-order valence-corrected chi connectivity index (χ4v) is 4.53. The fourth-order valence-electron chi connectivity index (χ4n) is 3.43. The molecule has 0 spiro atoms. The highest BCUT2D eigenvalue weighted by molar-refractivity contribution is 14.1. The third-order valence-electron chi connectivity index (χ3n) is 5.06. The largest absolute Gasteiger partial charge is 0.425 e. The van der Waals surface area contributed by atoms with Crippen molar-refractivity contribution in [2.45, 2.75) is 10.8 Å². The van der Waals surface area contributed by atoms with Crippen LogP contribution in [0.4, 0.5) is 17.6 Å². The van der Waals surface area contributed by atoms with Gasteiger partial charge in [0.1, 0.15) is 17.2 Å². The average molecular weight is 634 g/mol. The third-order valence-corrected chi connectivity index (χ3v) is 6.61. The van der Waals surface area contributed by atoms with Gasteiger partial charge in [-0.25, -0.2) is 13.6 Å². The number of carbonyl (C=O) groups excluding carboxylic acids is 2. The van der Waals surface area contributed by atoms with Crippen molar-refractivity contribution < 1.29 is 49.6 Å². The van der Waals surface area contributed by atoms with Crippen LogP contribution < -0.4 is 9.47 Å². The Bertz CT molecular complexity index is 1540. The number of fused-ring (bicyclic) bond motifs is 1. The minimum absolute atomic E-state index is 0.369. The lowest BCUT2D eigenvalue weighted by Gasteiger charge is -2.15. The van der Waals surface area contributed by atoms with Crippen molar-refractivity contribution in [1.29, 1.82) is 0 Å². The lowest BCUT2D eigenvalue weighted by molar-refractivity contribution is -0.134. The molecule has 0 aromatic heterocycles. The van der Waals surface area contributed by atoms with Crippen molar-refractivity contribution >= 4 is 50.7 Å². The third kappa shape index (κ3) is 4.73. The summed E-state index contributed by atoms with van der Waals surface area (Å²) in [7, 11) is -5.70. The number of ether oxygens (including phenoxy) is 2. The van der Waals surface area contributed by atoms with Crippen LogP contribution in [0.5, 0.6) is 11.5 Å². The summed E-state index contributed by atoms with van der Waals surface area (Å²) in [6.07, 6.45) is 3.28. The number of benzene rings is 3. The molecule has 0 aliphatic heterocycles. The van der Waals surface area contributed by atoms with Gasteiger partial charge in [0.05, 0.1) is 0 Å². The van der Waals surface area contributed by atoms with Crippen LogP contribution in [0.2, 0.25) is 0 Å². The molecule has 36 heavy (non-hydrogen) atoms. The highest BCUT2D eigenvalue weighted by Gasteiger charge is 2.35. The zero-order chi connectivity index (χ0) is 26.4. The van der Waals surface area contributed by atoms with Gasteiger partial charge >= 0.3 is 22.1 Å². The lowest BCUT2D eigenvalue weighted by atomic mass is 10.0. The maximum absolute atomic E-state index is 14.3. The quantitative estimate of drug-likeness (QED) is 0.105. The van der Waals surface area contributed by atoms with E-state index in [9.17, 15) is 35.6 Å². The summed E-state index contributed by atoms with van der Waals surface area (Å²) in [6.45, 7) is 0. The molecule has 0 saturated carbocycles. The van der Waals surface area contributed by atoms with Gasteiger partial charge in [-0.15, -0.1) is 0 Å². The molecule has 0 fully saturated rings. The molecule has 0 radical (unpaired) electrons. The van der Waals surface area contributed by atoms with E-state index in [4.69, 9.17) is 9.29 Å². The minimum atomic E-state index is -5.70. The van der Waals surface area contributed by atoms with Gasteiger partial charge in [0.2, 0.25) is 17.4 Å². The van der Waals surface area contributed by atoms with Crippen LogP contribution in [0.15, 0.2) is 53.4 Å². The average Bonchev–Trinajstić information content (AvgIpc) is 3.24. The van der Waals surface area contributed by atoms with E-state index < -0.39 is 67.5 Å². The van der Waals surface area contributed by atoms with Crippen LogP contribution >= 0.6 is 22.6 Å². The summed E-state index contributed by atoms with van der Waals surface area (Å²) in [5.74, 6) is -15.2. The molecule has 1 aliphatic carbocycles. The summed E-state index contributed by atoms with van der Waals surface area (Å²) in [6, 6.07) is 10.7. The smallest absolute Gasteiger partial charge is 0.347 e.